The van der Waals surface area contributed by atoms with Crippen LogP contribution in [0.5, 0.6) is 0 Å². The zero-order valence-electron chi connectivity index (χ0n) is 11.7. The first-order valence-corrected chi connectivity index (χ1v) is 9.14. The largest absolute Gasteiger partial charge is 0.378 e. The Hall–Kier alpha value is -0.710. The van der Waals surface area contributed by atoms with E-state index in [4.69, 9.17) is 23.2 Å². The Bertz CT molecular complexity index is 772. The number of hydrogen-bond donors (Lipinski definition) is 1. The van der Waals surface area contributed by atoms with E-state index in [9.17, 15) is 0 Å². The van der Waals surface area contributed by atoms with Gasteiger partial charge >= 0.3 is 0 Å². The molecule has 0 unspecified atom stereocenters. The average Bonchev–Trinajstić information content (AvgIpc) is 2.97. The number of hydrogen-bond acceptors (Lipinski definition) is 1. The van der Waals surface area contributed by atoms with Gasteiger partial charge in [-0.25, -0.2) is 0 Å². The second kappa shape index (κ2) is 5.73. The van der Waals surface area contributed by atoms with Gasteiger partial charge in [-0.3, -0.25) is 0 Å². The van der Waals surface area contributed by atoms with Gasteiger partial charge in [0, 0.05) is 25.2 Å². The van der Waals surface area contributed by atoms with Crippen molar-refractivity contribution in [1.29, 1.82) is 0 Å². The van der Waals surface area contributed by atoms with Gasteiger partial charge in [-0.2, -0.15) is 0 Å². The third-order valence-corrected chi connectivity index (χ3v) is 5.86. The molecular formula is C18H14Cl2IN. The van der Waals surface area contributed by atoms with E-state index in [0.717, 1.165) is 17.0 Å². The van der Waals surface area contributed by atoms with Crippen LogP contribution >= 0.6 is 45.8 Å². The molecule has 3 atom stereocenters. The van der Waals surface area contributed by atoms with Crippen LogP contribution in [0.3, 0.4) is 0 Å². The standard InChI is InChI=1S/C18H14Cl2IN/c19-10-4-6-14(16(20)8-10)18-13-3-1-2-12(13)15-9-11(21)5-7-17(15)22-18/h1-2,4-9,12-13,18,22H,3H2/t12-,13-,18+/m0/s1. The number of rotatable bonds is 1. The summed E-state index contributed by atoms with van der Waals surface area (Å²) in [6, 6.07) is 12.6. The van der Waals surface area contributed by atoms with Crippen LogP contribution in [0.2, 0.25) is 10.0 Å². The zero-order valence-corrected chi connectivity index (χ0v) is 15.4. The second-order valence-electron chi connectivity index (χ2n) is 5.87. The fraction of sp³-hybridized carbons (Fsp3) is 0.222. The molecule has 0 amide bonds. The van der Waals surface area contributed by atoms with E-state index < -0.39 is 0 Å². The van der Waals surface area contributed by atoms with Gasteiger partial charge in [0.15, 0.2) is 0 Å². The maximum absolute atomic E-state index is 6.46. The SMILES string of the molecule is Clc1ccc([C@@H]2Nc3ccc(I)cc3[C@H]3C=CC[C@@H]32)c(Cl)c1. The van der Waals surface area contributed by atoms with Crippen molar-refractivity contribution in [1.82, 2.24) is 0 Å². The van der Waals surface area contributed by atoms with Gasteiger partial charge in [0.1, 0.15) is 0 Å². The fourth-order valence-electron chi connectivity index (χ4n) is 3.63. The van der Waals surface area contributed by atoms with Gasteiger partial charge in [0.05, 0.1) is 6.04 Å². The topological polar surface area (TPSA) is 12.0 Å². The van der Waals surface area contributed by atoms with Crippen LogP contribution in [0.4, 0.5) is 5.69 Å². The Morgan fingerprint density at radius 2 is 1.91 bits per heavy atom. The van der Waals surface area contributed by atoms with Crippen LogP contribution in [0.1, 0.15) is 29.5 Å². The summed E-state index contributed by atoms with van der Waals surface area (Å²) in [5.74, 6) is 0.965. The van der Waals surface area contributed by atoms with Gasteiger partial charge in [-0.1, -0.05) is 41.4 Å². The Kier molecular flexibility index (Phi) is 3.87. The molecule has 0 aromatic heterocycles. The molecule has 0 saturated carbocycles. The van der Waals surface area contributed by atoms with Crippen molar-refractivity contribution in [3.8, 4) is 0 Å². The van der Waals surface area contributed by atoms with E-state index in [2.05, 4.69) is 64.3 Å². The molecule has 112 valence electrons. The number of anilines is 1. The summed E-state index contributed by atoms with van der Waals surface area (Å²) in [5.41, 5.74) is 3.74. The minimum atomic E-state index is 0.220. The molecule has 1 nitrogen and oxygen atoms in total. The summed E-state index contributed by atoms with van der Waals surface area (Å²) in [4.78, 5) is 0. The Balaban J connectivity index is 1.81. The molecule has 1 aliphatic heterocycles. The van der Waals surface area contributed by atoms with E-state index in [1.165, 1.54) is 14.8 Å². The minimum absolute atomic E-state index is 0.220. The number of allylic oxidation sites excluding steroid dienone is 2. The van der Waals surface area contributed by atoms with Crippen LogP contribution < -0.4 is 5.32 Å². The summed E-state index contributed by atoms with van der Waals surface area (Å²) in [6.07, 6.45) is 5.71. The van der Waals surface area contributed by atoms with E-state index in [0.29, 0.717) is 16.9 Å². The number of halogens is 3. The predicted octanol–water partition coefficient (Wildman–Crippen LogP) is 6.42. The molecule has 0 spiro atoms. The van der Waals surface area contributed by atoms with Crippen LogP contribution in [0, 0.1) is 9.49 Å². The summed E-state index contributed by atoms with van der Waals surface area (Å²) < 4.78 is 1.28. The smallest absolute Gasteiger partial charge is 0.0568 e. The monoisotopic (exact) mass is 441 g/mol. The first kappa shape index (κ1) is 14.9. The molecule has 22 heavy (non-hydrogen) atoms. The molecule has 0 bridgehead atoms. The highest BCUT2D eigenvalue weighted by molar-refractivity contribution is 14.1. The van der Waals surface area contributed by atoms with Crippen molar-refractivity contribution < 1.29 is 0 Å². The van der Waals surface area contributed by atoms with Crippen LogP contribution in [-0.4, -0.2) is 0 Å². The molecule has 0 saturated heterocycles. The molecule has 1 aliphatic carbocycles. The second-order valence-corrected chi connectivity index (χ2v) is 7.96. The molecule has 2 aromatic rings. The van der Waals surface area contributed by atoms with Crippen molar-refractivity contribution in [3.63, 3.8) is 0 Å². The van der Waals surface area contributed by atoms with E-state index in [-0.39, 0.29) is 6.04 Å². The lowest BCUT2D eigenvalue weighted by Crippen LogP contribution is -2.29. The van der Waals surface area contributed by atoms with E-state index in [1.807, 2.05) is 12.1 Å². The average molecular weight is 442 g/mol. The molecule has 1 N–H and O–H groups in total. The number of nitrogens with one attached hydrogen (secondary N) is 1. The third-order valence-electron chi connectivity index (χ3n) is 4.62. The van der Waals surface area contributed by atoms with Gasteiger partial charge < -0.3 is 5.32 Å². The van der Waals surface area contributed by atoms with E-state index in [1.54, 1.807) is 0 Å². The highest BCUT2D eigenvalue weighted by Crippen LogP contribution is 2.51. The molecule has 1 heterocycles. The van der Waals surface area contributed by atoms with Gasteiger partial charge in [0.2, 0.25) is 0 Å². The van der Waals surface area contributed by atoms with Crippen LogP contribution in [0.25, 0.3) is 0 Å². The number of benzene rings is 2. The van der Waals surface area contributed by atoms with Crippen LogP contribution in [0.15, 0.2) is 48.6 Å². The highest BCUT2D eigenvalue weighted by atomic mass is 127. The third kappa shape index (κ3) is 2.45. The van der Waals surface area contributed by atoms with Gasteiger partial charge in [-0.15, -0.1) is 0 Å². The molecular weight excluding hydrogens is 428 g/mol. The summed E-state index contributed by atoms with van der Waals surface area (Å²) >= 11 is 14.9. The molecule has 2 aliphatic rings. The minimum Gasteiger partial charge on any atom is -0.378 e. The Morgan fingerprint density at radius 1 is 1.05 bits per heavy atom. The van der Waals surface area contributed by atoms with Crippen molar-refractivity contribution in [2.75, 3.05) is 5.32 Å². The highest BCUT2D eigenvalue weighted by Gasteiger charge is 2.38. The Morgan fingerprint density at radius 3 is 2.73 bits per heavy atom. The quantitative estimate of drug-likeness (QED) is 0.397. The number of fused-ring (bicyclic) bond motifs is 3. The Labute approximate surface area is 153 Å². The summed E-state index contributed by atoms with van der Waals surface area (Å²) in [6.45, 7) is 0. The molecule has 0 radical (unpaired) electrons. The predicted molar refractivity (Wildman–Crippen MR) is 102 cm³/mol. The van der Waals surface area contributed by atoms with E-state index >= 15 is 0 Å². The van der Waals surface area contributed by atoms with Crippen molar-refractivity contribution in [2.45, 2.75) is 18.4 Å². The lowest BCUT2D eigenvalue weighted by Gasteiger charge is -2.38. The van der Waals surface area contributed by atoms with Crippen molar-refractivity contribution >= 4 is 51.5 Å². The summed E-state index contributed by atoms with van der Waals surface area (Å²) in [7, 11) is 0. The lowest BCUT2D eigenvalue weighted by atomic mass is 9.77. The molecule has 4 rings (SSSR count). The first-order valence-electron chi connectivity index (χ1n) is 7.31. The maximum atomic E-state index is 6.46. The lowest BCUT2D eigenvalue weighted by molar-refractivity contribution is 0.425. The van der Waals surface area contributed by atoms with Crippen molar-refractivity contribution in [2.24, 2.45) is 5.92 Å². The van der Waals surface area contributed by atoms with Gasteiger partial charge in [-0.05, 0) is 76.4 Å². The van der Waals surface area contributed by atoms with Crippen molar-refractivity contribution in [3.05, 3.63) is 73.3 Å². The summed E-state index contributed by atoms with van der Waals surface area (Å²) in [5, 5.41) is 5.12. The maximum Gasteiger partial charge on any atom is 0.0568 e. The molecule has 0 fully saturated rings. The normalized spacial score (nSPS) is 25.5. The van der Waals surface area contributed by atoms with Gasteiger partial charge in [0.25, 0.3) is 0 Å². The molecule has 2 aromatic carbocycles. The fourth-order valence-corrected chi connectivity index (χ4v) is 4.67. The molecule has 4 heteroatoms. The zero-order chi connectivity index (χ0) is 15.3. The first-order chi connectivity index (χ1) is 10.6. The van der Waals surface area contributed by atoms with Crippen LogP contribution in [-0.2, 0) is 0 Å².